The summed E-state index contributed by atoms with van der Waals surface area (Å²) in [6.45, 7) is 3.97. The Hall–Kier alpha value is -2.50. The monoisotopic (exact) mass is 277 g/mol. The second-order valence-electron chi connectivity index (χ2n) is 4.15. The fourth-order valence-electron chi connectivity index (χ4n) is 1.63. The quantitative estimate of drug-likeness (QED) is 0.848. The molecular weight excluding hydrogens is 262 g/mol. The lowest BCUT2D eigenvalue weighted by atomic mass is 10.3. The van der Waals surface area contributed by atoms with Crippen molar-refractivity contribution in [1.82, 2.24) is 5.32 Å². The number of hydrogen-bond acceptors (Lipinski definition) is 5. The normalized spacial score (nSPS) is 10.3. The van der Waals surface area contributed by atoms with Crippen molar-refractivity contribution in [2.24, 2.45) is 0 Å². The third-order valence-corrected chi connectivity index (χ3v) is 2.58. The SMILES string of the molecule is CCOC(=O)c1coc(CNC(=O)c2coc(C)c2)c1. The Morgan fingerprint density at radius 3 is 2.60 bits per heavy atom. The van der Waals surface area contributed by atoms with Gasteiger partial charge in [0.05, 0.1) is 24.3 Å². The molecule has 0 bridgehead atoms. The zero-order valence-corrected chi connectivity index (χ0v) is 11.3. The fourth-order valence-corrected chi connectivity index (χ4v) is 1.63. The van der Waals surface area contributed by atoms with Gasteiger partial charge in [0.2, 0.25) is 0 Å². The van der Waals surface area contributed by atoms with E-state index >= 15 is 0 Å². The van der Waals surface area contributed by atoms with E-state index in [0.717, 1.165) is 0 Å². The molecule has 0 aromatic carbocycles. The van der Waals surface area contributed by atoms with E-state index in [1.807, 2.05) is 0 Å². The molecule has 0 atom stereocenters. The summed E-state index contributed by atoms with van der Waals surface area (Å²) in [5, 5.41) is 2.67. The highest BCUT2D eigenvalue weighted by Gasteiger charge is 2.13. The first-order valence-electron chi connectivity index (χ1n) is 6.18. The molecular formula is C14H15NO5. The van der Waals surface area contributed by atoms with Crippen LogP contribution in [0.4, 0.5) is 0 Å². The predicted octanol–water partition coefficient (Wildman–Crippen LogP) is 2.29. The van der Waals surface area contributed by atoms with Crippen molar-refractivity contribution < 1.29 is 23.2 Å². The molecule has 106 valence electrons. The highest BCUT2D eigenvalue weighted by Crippen LogP contribution is 2.10. The molecule has 20 heavy (non-hydrogen) atoms. The molecule has 0 saturated carbocycles. The van der Waals surface area contributed by atoms with Gasteiger partial charge in [-0.05, 0) is 26.0 Å². The zero-order valence-electron chi connectivity index (χ0n) is 11.3. The van der Waals surface area contributed by atoms with Gasteiger partial charge in [0, 0.05) is 0 Å². The minimum Gasteiger partial charge on any atom is -0.469 e. The molecule has 1 N–H and O–H groups in total. The van der Waals surface area contributed by atoms with Gasteiger partial charge in [-0.15, -0.1) is 0 Å². The molecule has 6 heteroatoms. The summed E-state index contributed by atoms with van der Waals surface area (Å²) < 4.78 is 15.1. The highest BCUT2D eigenvalue weighted by molar-refractivity contribution is 5.94. The number of carbonyl (C=O) groups is 2. The van der Waals surface area contributed by atoms with E-state index in [1.54, 1.807) is 26.0 Å². The summed E-state index contributed by atoms with van der Waals surface area (Å²) in [6, 6.07) is 3.18. The van der Waals surface area contributed by atoms with Crippen LogP contribution < -0.4 is 5.32 Å². The van der Waals surface area contributed by atoms with Crippen molar-refractivity contribution in [3.8, 4) is 0 Å². The molecule has 2 heterocycles. The van der Waals surface area contributed by atoms with Gasteiger partial charge in [0.25, 0.3) is 5.91 Å². The van der Waals surface area contributed by atoms with Gasteiger partial charge in [0.1, 0.15) is 24.0 Å². The van der Waals surface area contributed by atoms with E-state index in [4.69, 9.17) is 13.6 Å². The number of ether oxygens (including phenoxy) is 1. The molecule has 6 nitrogen and oxygen atoms in total. The van der Waals surface area contributed by atoms with Crippen LogP contribution in [0.2, 0.25) is 0 Å². The Bertz CT molecular complexity index is 611. The number of amides is 1. The maximum absolute atomic E-state index is 11.8. The number of hydrogen-bond donors (Lipinski definition) is 1. The van der Waals surface area contributed by atoms with Crippen LogP contribution in [-0.4, -0.2) is 18.5 Å². The molecule has 2 rings (SSSR count). The Balaban J connectivity index is 1.91. The summed E-state index contributed by atoms with van der Waals surface area (Å²) in [7, 11) is 0. The first-order valence-corrected chi connectivity index (χ1v) is 6.18. The molecule has 0 aliphatic heterocycles. The molecule has 0 spiro atoms. The average Bonchev–Trinajstić information content (AvgIpc) is 3.05. The van der Waals surface area contributed by atoms with Crippen LogP contribution in [0.1, 0.15) is 39.2 Å². The van der Waals surface area contributed by atoms with Crippen LogP contribution in [0.15, 0.2) is 33.5 Å². The zero-order chi connectivity index (χ0) is 14.5. The van der Waals surface area contributed by atoms with Crippen molar-refractivity contribution in [3.05, 3.63) is 47.3 Å². The van der Waals surface area contributed by atoms with Gasteiger partial charge in [-0.3, -0.25) is 4.79 Å². The van der Waals surface area contributed by atoms with Gasteiger partial charge in [-0.2, -0.15) is 0 Å². The lowest BCUT2D eigenvalue weighted by Gasteiger charge is -1.99. The van der Waals surface area contributed by atoms with Crippen LogP contribution in [0.5, 0.6) is 0 Å². The second kappa shape index (κ2) is 6.10. The summed E-state index contributed by atoms with van der Waals surface area (Å²) in [5.74, 6) is 0.426. The first kappa shape index (κ1) is 13.9. The number of esters is 1. The van der Waals surface area contributed by atoms with Crippen molar-refractivity contribution in [2.45, 2.75) is 20.4 Å². The summed E-state index contributed by atoms with van der Waals surface area (Å²) in [5.41, 5.74) is 0.773. The van der Waals surface area contributed by atoms with Crippen LogP contribution >= 0.6 is 0 Å². The summed E-state index contributed by atoms with van der Waals surface area (Å²) >= 11 is 0. The fraction of sp³-hybridized carbons (Fsp3) is 0.286. The van der Waals surface area contributed by atoms with Gasteiger partial charge in [-0.25, -0.2) is 4.79 Å². The minimum absolute atomic E-state index is 0.183. The van der Waals surface area contributed by atoms with Crippen molar-refractivity contribution >= 4 is 11.9 Å². The number of furan rings is 2. The van der Waals surface area contributed by atoms with Crippen molar-refractivity contribution in [2.75, 3.05) is 6.61 Å². The van der Waals surface area contributed by atoms with E-state index in [0.29, 0.717) is 29.3 Å². The van der Waals surface area contributed by atoms with Gasteiger partial charge >= 0.3 is 5.97 Å². The van der Waals surface area contributed by atoms with Gasteiger partial charge < -0.3 is 18.9 Å². The molecule has 0 fully saturated rings. The van der Waals surface area contributed by atoms with Crippen molar-refractivity contribution in [3.63, 3.8) is 0 Å². The van der Waals surface area contributed by atoms with Gasteiger partial charge in [-0.1, -0.05) is 0 Å². The standard InChI is InChI=1S/C14H15NO5/c1-3-18-14(17)11-5-12(20-8-11)6-15-13(16)10-4-9(2)19-7-10/h4-5,7-8H,3,6H2,1-2H3,(H,15,16). The van der Waals surface area contributed by atoms with Crippen LogP contribution in [0.25, 0.3) is 0 Å². The Morgan fingerprint density at radius 2 is 1.95 bits per heavy atom. The highest BCUT2D eigenvalue weighted by atomic mass is 16.5. The van der Waals surface area contributed by atoms with Gasteiger partial charge in [0.15, 0.2) is 0 Å². The van der Waals surface area contributed by atoms with E-state index in [2.05, 4.69) is 5.32 Å². The molecule has 2 aromatic rings. The molecule has 0 unspecified atom stereocenters. The number of carbonyl (C=O) groups excluding carboxylic acids is 2. The topological polar surface area (TPSA) is 81.7 Å². The minimum atomic E-state index is -0.445. The largest absolute Gasteiger partial charge is 0.469 e. The maximum Gasteiger partial charge on any atom is 0.341 e. The molecule has 2 aromatic heterocycles. The Kier molecular flexibility index (Phi) is 4.24. The van der Waals surface area contributed by atoms with E-state index in [-0.39, 0.29) is 12.5 Å². The third-order valence-electron chi connectivity index (χ3n) is 2.58. The smallest absolute Gasteiger partial charge is 0.341 e. The lowest BCUT2D eigenvalue weighted by molar-refractivity contribution is 0.0525. The third kappa shape index (κ3) is 3.28. The molecule has 0 saturated heterocycles. The van der Waals surface area contributed by atoms with E-state index in [9.17, 15) is 9.59 Å². The Labute approximate surface area is 115 Å². The average molecular weight is 277 g/mol. The summed E-state index contributed by atoms with van der Waals surface area (Å²) in [4.78, 5) is 23.2. The van der Waals surface area contributed by atoms with Crippen molar-refractivity contribution in [1.29, 1.82) is 0 Å². The number of rotatable bonds is 5. The molecule has 0 aliphatic rings. The van der Waals surface area contributed by atoms with Crippen LogP contribution in [0.3, 0.4) is 0 Å². The second-order valence-corrected chi connectivity index (χ2v) is 4.15. The number of nitrogens with one attached hydrogen (secondary N) is 1. The van der Waals surface area contributed by atoms with E-state index < -0.39 is 5.97 Å². The Morgan fingerprint density at radius 1 is 1.20 bits per heavy atom. The molecule has 0 radical (unpaired) electrons. The first-order chi connectivity index (χ1) is 9.60. The predicted molar refractivity (Wildman–Crippen MR) is 69.3 cm³/mol. The van der Waals surface area contributed by atoms with Crippen LogP contribution in [-0.2, 0) is 11.3 Å². The van der Waals surface area contributed by atoms with E-state index in [1.165, 1.54) is 12.5 Å². The maximum atomic E-state index is 11.8. The summed E-state index contributed by atoms with van der Waals surface area (Å²) in [6.07, 6.45) is 2.69. The lowest BCUT2D eigenvalue weighted by Crippen LogP contribution is -2.21. The number of aryl methyl sites for hydroxylation is 1. The van der Waals surface area contributed by atoms with Crippen LogP contribution in [0, 0.1) is 6.92 Å². The molecule has 0 aliphatic carbocycles. The molecule has 1 amide bonds.